The van der Waals surface area contributed by atoms with Crippen molar-refractivity contribution in [3.05, 3.63) is 66.7 Å². The van der Waals surface area contributed by atoms with Gasteiger partial charge in [0, 0.05) is 13.0 Å². The summed E-state index contributed by atoms with van der Waals surface area (Å²) in [7, 11) is -2.10. The van der Waals surface area contributed by atoms with Crippen molar-refractivity contribution in [1.82, 2.24) is 0 Å². The van der Waals surface area contributed by atoms with Crippen LogP contribution < -0.4 is 9.92 Å². The Labute approximate surface area is 201 Å². The van der Waals surface area contributed by atoms with Crippen molar-refractivity contribution in [2.45, 2.75) is 67.5 Å². The average molecular weight is 487 g/mol. The van der Waals surface area contributed by atoms with E-state index in [9.17, 15) is 8.42 Å². The van der Waals surface area contributed by atoms with Crippen molar-refractivity contribution in [3.8, 4) is 5.75 Å². The number of ether oxygens (including phenoxy) is 2. The molecule has 3 rings (SSSR count). The number of allylic oxidation sites excluding steroid dienone is 1. The molecule has 0 aliphatic heterocycles. The summed E-state index contributed by atoms with van der Waals surface area (Å²) in [5.74, 6) is 0.782. The minimum absolute atomic E-state index is 0.0443. The van der Waals surface area contributed by atoms with Crippen molar-refractivity contribution in [1.29, 1.82) is 0 Å². The molecule has 180 valence electrons. The van der Waals surface area contributed by atoms with Crippen molar-refractivity contribution >= 4 is 23.1 Å². The molecule has 0 aromatic heterocycles. The maximum atomic E-state index is 14.2. The van der Waals surface area contributed by atoms with E-state index < -0.39 is 23.2 Å². The van der Waals surface area contributed by atoms with Crippen LogP contribution >= 0.6 is 0 Å². The number of hydrogen-bond acceptors (Lipinski definition) is 4. The largest absolute Gasteiger partial charge is 0.497 e. The van der Waals surface area contributed by atoms with Crippen LogP contribution in [-0.2, 0) is 21.0 Å². The van der Waals surface area contributed by atoms with Crippen LogP contribution in [0.4, 0.5) is 0 Å². The molecular formula is C27H38O4SSi. The molecule has 0 radical (unpaired) electrons. The number of methoxy groups -OCH3 is 2. The van der Waals surface area contributed by atoms with Crippen LogP contribution in [0.5, 0.6) is 5.75 Å². The molecule has 3 atom stereocenters. The van der Waals surface area contributed by atoms with Gasteiger partial charge in [-0.2, -0.15) is 0 Å². The van der Waals surface area contributed by atoms with Gasteiger partial charge in [-0.1, -0.05) is 49.5 Å². The van der Waals surface area contributed by atoms with Crippen LogP contribution in [0.1, 0.15) is 31.2 Å². The van der Waals surface area contributed by atoms with E-state index in [0.29, 0.717) is 11.3 Å². The van der Waals surface area contributed by atoms with Gasteiger partial charge in [0.1, 0.15) is 5.75 Å². The minimum Gasteiger partial charge on any atom is -0.497 e. The average Bonchev–Trinajstić information content (AvgIpc) is 2.82. The van der Waals surface area contributed by atoms with Gasteiger partial charge in [0.05, 0.1) is 31.4 Å². The fourth-order valence-corrected chi connectivity index (χ4v) is 11.0. The van der Waals surface area contributed by atoms with Crippen LogP contribution in [0.25, 0.3) is 0 Å². The summed E-state index contributed by atoms with van der Waals surface area (Å²) in [4.78, 5) is 0.525. The van der Waals surface area contributed by atoms with Crippen LogP contribution in [0.15, 0.2) is 66.1 Å². The highest BCUT2D eigenvalue weighted by atomic mass is 32.2. The van der Waals surface area contributed by atoms with Gasteiger partial charge in [0.15, 0.2) is 9.84 Å². The Kier molecular flexibility index (Phi) is 8.59. The molecule has 0 spiro atoms. The van der Waals surface area contributed by atoms with E-state index in [2.05, 4.69) is 25.7 Å². The molecule has 2 aromatic carbocycles. The van der Waals surface area contributed by atoms with Crippen molar-refractivity contribution < 1.29 is 17.9 Å². The maximum Gasteiger partial charge on any atom is 0.181 e. The Morgan fingerprint density at radius 1 is 1.09 bits per heavy atom. The molecule has 0 N–H and O–H groups in total. The zero-order valence-electron chi connectivity index (χ0n) is 20.4. The molecule has 0 bridgehead atoms. The molecule has 1 aliphatic carbocycles. The summed E-state index contributed by atoms with van der Waals surface area (Å²) in [6, 6.07) is 16.5. The lowest BCUT2D eigenvalue weighted by Crippen LogP contribution is -2.47. The highest BCUT2D eigenvalue weighted by Gasteiger charge is 2.43. The highest BCUT2D eigenvalue weighted by molar-refractivity contribution is 7.92. The van der Waals surface area contributed by atoms with E-state index in [1.807, 2.05) is 48.5 Å². The molecule has 0 saturated heterocycles. The topological polar surface area (TPSA) is 52.6 Å². The van der Waals surface area contributed by atoms with Gasteiger partial charge >= 0.3 is 0 Å². The quantitative estimate of drug-likeness (QED) is 0.334. The summed E-state index contributed by atoms with van der Waals surface area (Å²) in [6.07, 6.45) is 5.90. The molecule has 6 heteroatoms. The van der Waals surface area contributed by atoms with Crippen molar-refractivity contribution in [2.75, 3.05) is 14.2 Å². The van der Waals surface area contributed by atoms with E-state index in [1.54, 1.807) is 14.2 Å². The summed E-state index contributed by atoms with van der Waals surface area (Å²) in [6.45, 7) is 8.36. The second kappa shape index (κ2) is 11.0. The molecule has 1 aliphatic rings. The third-order valence-corrected chi connectivity index (χ3v) is 12.8. The summed E-state index contributed by atoms with van der Waals surface area (Å²) < 4.78 is 39.5. The van der Waals surface area contributed by atoms with E-state index in [4.69, 9.17) is 9.47 Å². The predicted octanol–water partition coefficient (Wildman–Crippen LogP) is 5.39. The van der Waals surface area contributed by atoms with Gasteiger partial charge in [-0.15, -0.1) is 6.58 Å². The number of sulfone groups is 1. The van der Waals surface area contributed by atoms with Gasteiger partial charge in [0.25, 0.3) is 0 Å². The monoisotopic (exact) mass is 486 g/mol. The minimum atomic E-state index is -3.51. The Balaban J connectivity index is 1.95. The normalized spacial score (nSPS) is 21.5. The Morgan fingerprint density at radius 3 is 2.55 bits per heavy atom. The number of hydrogen-bond donors (Lipinski definition) is 0. The molecule has 1 saturated carbocycles. The second-order valence-electron chi connectivity index (χ2n) is 9.72. The second-order valence-corrected chi connectivity index (χ2v) is 16.6. The predicted molar refractivity (Wildman–Crippen MR) is 139 cm³/mol. The lowest BCUT2D eigenvalue weighted by Gasteiger charge is -2.38. The number of aryl methyl sites for hydroxylation is 1. The van der Waals surface area contributed by atoms with Crippen molar-refractivity contribution in [2.24, 2.45) is 5.92 Å². The third-order valence-electron chi connectivity index (χ3n) is 7.11. The lowest BCUT2D eigenvalue weighted by atomic mass is 9.82. The van der Waals surface area contributed by atoms with Gasteiger partial charge in [-0.05, 0) is 67.1 Å². The van der Waals surface area contributed by atoms with Crippen molar-refractivity contribution in [3.63, 3.8) is 0 Å². The van der Waals surface area contributed by atoms with Crippen LogP contribution in [0.2, 0.25) is 19.1 Å². The first-order valence-electron chi connectivity index (χ1n) is 11.8. The van der Waals surface area contributed by atoms with E-state index in [-0.39, 0.29) is 12.0 Å². The van der Waals surface area contributed by atoms with E-state index in [0.717, 1.165) is 48.2 Å². The SMILES string of the molecule is C=CC[Si](C)(C)c1ccccc1S(=O)(=O)C1CCCC(OC)C1CCc1cccc(OC)c1. The zero-order valence-corrected chi connectivity index (χ0v) is 22.2. The number of benzene rings is 2. The van der Waals surface area contributed by atoms with E-state index >= 15 is 0 Å². The first kappa shape index (κ1) is 25.7. The van der Waals surface area contributed by atoms with Crippen LogP contribution in [0.3, 0.4) is 0 Å². The highest BCUT2D eigenvalue weighted by Crippen LogP contribution is 2.37. The van der Waals surface area contributed by atoms with E-state index in [1.165, 1.54) is 0 Å². The molecule has 1 fully saturated rings. The fraction of sp³-hybridized carbons (Fsp3) is 0.481. The molecular weight excluding hydrogens is 448 g/mol. The molecule has 0 amide bonds. The smallest absolute Gasteiger partial charge is 0.181 e. The molecule has 2 aromatic rings. The summed E-state index contributed by atoms with van der Waals surface area (Å²) in [5, 5.41) is 0.576. The Morgan fingerprint density at radius 2 is 1.85 bits per heavy atom. The maximum absolute atomic E-state index is 14.2. The third kappa shape index (κ3) is 5.79. The molecule has 3 unspecified atom stereocenters. The Bertz CT molecular complexity index is 1050. The first-order chi connectivity index (χ1) is 15.7. The lowest BCUT2D eigenvalue weighted by molar-refractivity contribution is 0.0223. The van der Waals surface area contributed by atoms with Gasteiger partial charge in [-0.25, -0.2) is 8.42 Å². The first-order valence-corrected chi connectivity index (χ1v) is 16.6. The van der Waals surface area contributed by atoms with Gasteiger partial charge in [0.2, 0.25) is 0 Å². The molecule has 4 nitrogen and oxygen atoms in total. The summed E-state index contributed by atoms with van der Waals surface area (Å²) in [5.41, 5.74) is 1.16. The van der Waals surface area contributed by atoms with Gasteiger partial charge in [-0.3, -0.25) is 0 Å². The molecule has 0 heterocycles. The van der Waals surface area contributed by atoms with Crippen LogP contribution in [-0.4, -0.2) is 42.1 Å². The van der Waals surface area contributed by atoms with Crippen LogP contribution in [0, 0.1) is 5.92 Å². The fourth-order valence-electron chi connectivity index (χ4n) is 5.31. The zero-order chi connectivity index (χ0) is 24.1. The van der Waals surface area contributed by atoms with Gasteiger partial charge < -0.3 is 9.47 Å². The number of rotatable bonds is 10. The molecule has 33 heavy (non-hydrogen) atoms. The summed E-state index contributed by atoms with van der Waals surface area (Å²) >= 11 is 0. The standard InChI is InChI=1S/C27H38O4SSi/c1-6-19-33(4,5)27-16-8-7-14-26(27)32(28,29)25-15-10-13-24(31-3)23(25)18-17-21-11-9-12-22(20-21)30-2/h6-9,11-12,14,16,20,23-25H,1,10,13,15,17-19H2,2-5H3. The Hall–Kier alpha value is -1.89.